The van der Waals surface area contributed by atoms with E-state index in [1.165, 1.54) is 0 Å². The van der Waals surface area contributed by atoms with E-state index < -0.39 is 0 Å². The van der Waals surface area contributed by atoms with E-state index in [0.717, 1.165) is 32.2 Å². The predicted octanol–water partition coefficient (Wildman–Crippen LogP) is 2.87. The van der Waals surface area contributed by atoms with Crippen molar-refractivity contribution < 1.29 is 10.2 Å². The smallest absolute Gasteiger partial charge is 0.0852 e. The van der Waals surface area contributed by atoms with Crippen molar-refractivity contribution in [2.75, 3.05) is 20.1 Å². The number of hydrogen-bond acceptors (Lipinski definition) is 3. The third kappa shape index (κ3) is 9.35. The molecule has 2 N–H and O–H groups in total. The molecular formula is C12H23NO2. The van der Waals surface area contributed by atoms with E-state index >= 15 is 0 Å². The van der Waals surface area contributed by atoms with Gasteiger partial charge in [-0.15, -0.1) is 0 Å². The van der Waals surface area contributed by atoms with Crippen molar-refractivity contribution >= 4 is 0 Å². The average Bonchev–Trinajstić information content (AvgIpc) is 2.12. The summed E-state index contributed by atoms with van der Waals surface area (Å²) in [5.74, 6) is 0.768. The molecule has 0 bridgehead atoms. The van der Waals surface area contributed by atoms with Crippen LogP contribution in [-0.4, -0.2) is 35.3 Å². The highest BCUT2D eigenvalue weighted by molar-refractivity contribution is 4.85. The second-order valence-corrected chi connectivity index (χ2v) is 4.07. The Morgan fingerprint density at radius 3 is 2.67 bits per heavy atom. The maximum atomic E-state index is 8.94. The Labute approximate surface area is 92.7 Å². The summed E-state index contributed by atoms with van der Waals surface area (Å²) in [5, 5.41) is 17.5. The van der Waals surface area contributed by atoms with E-state index in [4.69, 9.17) is 10.2 Å². The Hall–Kier alpha value is -0.960. The van der Waals surface area contributed by atoms with Crippen molar-refractivity contribution in [3.63, 3.8) is 0 Å². The van der Waals surface area contributed by atoms with E-state index in [1.54, 1.807) is 13.0 Å². The van der Waals surface area contributed by atoms with E-state index in [-0.39, 0.29) is 0 Å². The van der Waals surface area contributed by atoms with Gasteiger partial charge >= 0.3 is 0 Å². The van der Waals surface area contributed by atoms with Gasteiger partial charge in [0.1, 0.15) is 0 Å². The first-order valence-corrected chi connectivity index (χ1v) is 5.41. The van der Waals surface area contributed by atoms with Gasteiger partial charge in [-0.25, -0.2) is 0 Å². The quantitative estimate of drug-likeness (QED) is 0.505. The van der Waals surface area contributed by atoms with Crippen LogP contribution in [0.25, 0.3) is 0 Å². The second-order valence-electron chi connectivity index (χ2n) is 4.07. The van der Waals surface area contributed by atoms with Crippen molar-refractivity contribution in [3.8, 4) is 0 Å². The number of unbranched alkanes of at least 4 members (excludes halogenated alkanes) is 1. The fourth-order valence-corrected chi connectivity index (χ4v) is 1.46. The predicted molar refractivity (Wildman–Crippen MR) is 64.0 cm³/mol. The standard InChI is InChI=1S/C12H23NO2/c1-11(7-9-14)10-13(3)8-5-4-6-12(2)15/h6-7,9,11,14-15H,4-5,8,10H2,1-3H3/b9-7+,12-6+. The molecule has 3 nitrogen and oxygen atoms in total. The first kappa shape index (κ1) is 14.0. The van der Waals surface area contributed by atoms with Crippen LogP contribution in [0.4, 0.5) is 0 Å². The number of aliphatic hydroxyl groups excluding tert-OH is 2. The lowest BCUT2D eigenvalue weighted by Gasteiger charge is -2.18. The fourth-order valence-electron chi connectivity index (χ4n) is 1.46. The van der Waals surface area contributed by atoms with Crippen molar-refractivity contribution in [3.05, 3.63) is 24.2 Å². The van der Waals surface area contributed by atoms with Crippen molar-refractivity contribution in [2.24, 2.45) is 5.92 Å². The summed E-state index contributed by atoms with van der Waals surface area (Å²) in [6.45, 7) is 5.71. The lowest BCUT2D eigenvalue weighted by molar-refractivity contribution is 0.302. The zero-order chi connectivity index (χ0) is 11.7. The van der Waals surface area contributed by atoms with Crippen molar-refractivity contribution in [2.45, 2.75) is 26.7 Å². The molecule has 0 aliphatic heterocycles. The molecule has 0 aromatic carbocycles. The molecule has 88 valence electrons. The Balaban J connectivity index is 3.57. The maximum absolute atomic E-state index is 8.94. The Bertz CT molecular complexity index is 208. The monoisotopic (exact) mass is 213 g/mol. The average molecular weight is 213 g/mol. The Morgan fingerprint density at radius 1 is 1.47 bits per heavy atom. The van der Waals surface area contributed by atoms with Gasteiger partial charge in [-0.1, -0.05) is 6.92 Å². The summed E-state index contributed by atoms with van der Waals surface area (Å²) in [6.07, 6.45) is 6.69. The van der Waals surface area contributed by atoms with Gasteiger partial charge in [0.2, 0.25) is 0 Å². The summed E-state index contributed by atoms with van der Waals surface area (Å²) in [7, 11) is 2.07. The summed E-state index contributed by atoms with van der Waals surface area (Å²) in [6, 6.07) is 0. The number of aliphatic hydroxyl groups is 2. The van der Waals surface area contributed by atoms with Crippen LogP contribution in [0.2, 0.25) is 0 Å². The zero-order valence-corrected chi connectivity index (χ0v) is 9.98. The summed E-state index contributed by atoms with van der Waals surface area (Å²) in [4.78, 5) is 2.23. The molecule has 0 aliphatic rings. The van der Waals surface area contributed by atoms with Gasteiger partial charge in [0.15, 0.2) is 0 Å². The van der Waals surface area contributed by atoms with Gasteiger partial charge in [0.25, 0.3) is 0 Å². The summed E-state index contributed by atoms with van der Waals surface area (Å²) < 4.78 is 0. The normalized spacial score (nSPS) is 15.1. The van der Waals surface area contributed by atoms with Gasteiger partial charge in [-0.05, 0) is 51.4 Å². The molecule has 0 saturated carbocycles. The Morgan fingerprint density at radius 2 is 2.13 bits per heavy atom. The number of rotatable bonds is 7. The molecule has 0 radical (unpaired) electrons. The summed E-state index contributed by atoms with van der Waals surface area (Å²) in [5.41, 5.74) is 0. The molecule has 0 aromatic rings. The molecule has 0 aromatic heterocycles. The molecule has 1 unspecified atom stereocenters. The summed E-state index contributed by atoms with van der Waals surface area (Å²) >= 11 is 0. The minimum Gasteiger partial charge on any atom is -0.516 e. The highest BCUT2D eigenvalue weighted by Gasteiger charge is 2.02. The molecular weight excluding hydrogens is 190 g/mol. The van der Waals surface area contributed by atoms with Crippen LogP contribution in [0.3, 0.4) is 0 Å². The van der Waals surface area contributed by atoms with Gasteiger partial charge < -0.3 is 15.1 Å². The van der Waals surface area contributed by atoms with Crippen LogP contribution >= 0.6 is 0 Å². The number of hydrogen-bond donors (Lipinski definition) is 2. The highest BCUT2D eigenvalue weighted by Crippen LogP contribution is 2.02. The van der Waals surface area contributed by atoms with Gasteiger partial charge in [-0.2, -0.15) is 0 Å². The van der Waals surface area contributed by atoms with E-state index in [9.17, 15) is 0 Å². The van der Waals surface area contributed by atoms with Gasteiger partial charge in [-0.3, -0.25) is 0 Å². The first-order valence-electron chi connectivity index (χ1n) is 5.41. The van der Waals surface area contributed by atoms with Crippen LogP contribution in [0.1, 0.15) is 26.7 Å². The number of allylic oxidation sites excluding steroid dienone is 2. The molecule has 0 amide bonds. The maximum Gasteiger partial charge on any atom is 0.0852 e. The Kier molecular flexibility index (Phi) is 7.82. The molecule has 15 heavy (non-hydrogen) atoms. The van der Waals surface area contributed by atoms with E-state index in [2.05, 4.69) is 18.9 Å². The van der Waals surface area contributed by atoms with E-state index in [0.29, 0.717) is 11.7 Å². The molecule has 0 saturated heterocycles. The lowest BCUT2D eigenvalue weighted by Crippen LogP contribution is -2.24. The van der Waals surface area contributed by atoms with Gasteiger partial charge in [0, 0.05) is 6.54 Å². The molecule has 3 heteroatoms. The first-order chi connectivity index (χ1) is 7.06. The second kappa shape index (κ2) is 8.36. The molecule has 0 rings (SSSR count). The third-order valence-corrected chi connectivity index (χ3v) is 2.20. The molecule has 0 heterocycles. The lowest BCUT2D eigenvalue weighted by atomic mass is 10.1. The van der Waals surface area contributed by atoms with Gasteiger partial charge in [0.05, 0.1) is 12.0 Å². The largest absolute Gasteiger partial charge is 0.516 e. The van der Waals surface area contributed by atoms with Crippen LogP contribution in [0.5, 0.6) is 0 Å². The molecule has 1 atom stereocenters. The highest BCUT2D eigenvalue weighted by atomic mass is 16.3. The fraction of sp³-hybridized carbons (Fsp3) is 0.667. The third-order valence-electron chi connectivity index (χ3n) is 2.20. The SMILES string of the molecule is C/C(O)=C\CCCN(C)CC(C)/C=C/O. The van der Waals surface area contributed by atoms with Crippen LogP contribution in [0, 0.1) is 5.92 Å². The minimum atomic E-state index is 0.370. The van der Waals surface area contributed by atoms with Crippen LogP contribution < -0.4 is 0 Å². The minimum absolute atomic E-state index is 0.370. The van der Waals surface area contributed by atoms with E-state index in [1.807, 2.05) is 6.08 Å². The molecule has 0 aliphatic carbocycles. The molecule has 0 spiro atoms. The zero-order valence-electron chi connectivity index (χ0n) is 9.98. The van der Waals surface area contributed by atoms with Crippen LogP contribution in [0.15, 0.2) is 24.2 Å². The van der Waals surface area contributed by atoms with Crippen molar-refractivity contribution in [1.29, 1.82) is 0 Å². The molecule has 0 fully saturated rings. The topological polar surface area (TPSA) is 43.7 Å². The van der Waals surface area contributed by atoms with Crippen molar-refractivity contribution in [1.82, 2.24) is 4.90 Å². The van der Waals surface area contributed by atoms with Crippen LogP contribution in [-0.2, 0) is 0 Å². The number of nitrogens with zero attached hydrogens (tertiary/aromatic N) is 1.